The van der Waals surface area contributed by atoms with E-state index >= 15 is 0 Å². The Balaban J connectivity index is 5.00. The number of hydrogen-bond donors (Lipinski definition) is 2. The number of quaternary nitrogens is 1. The quantitative estimate of drug-likeness (QED) is 0.0205. The van der Waals surface area contributed by atoms with Gasteiger partial charge in [-0.3, -0.25) is 18.6 Å². The third-order valence-corrected chi connectivity index (χ3v) is 17.4. The second kappa shape index (κ2) is 65.4. The van der Waals surface area contributed by atoms with Crippen LogP contribution in [-0.2, 0) is 27.9 Å². The fourth-order valence-electron chi connectivity index (χ4n) is 10.7. The minimum absolute atomic E-state index is 0.0392. The first-order chi connectivity index (χ1) is 41.9. The SMILES string of the molecule is CCCCC/C=C\C/C=C\C/C=C\CCCCCCCCCCCCCCCCC(=O)OC(/C=C\CCCCCCCCCCCC)C(COP(=O)(O)OCC[N+](C)(C)C)NC(=O)CCCCCCCCCCCCC/C=C\C/C=C\CCCCC. The van der Waals surface area contributed by atoms with Gasteiger partial charge in [-0.1, -0.05) is 306 Å². The van der Waals surface area contributed by atoms with Crippen molar-refractivity contribution in [2.24, 2.45) is 0 Å². The maximum Gasteiger partial charge on any atom is 0.472 e. The topological polar surface area (TPSA) is 111 Å². The molecule has 3 atom stereocenters. The maximum atomic E-state index is 13.6. The number of carbonyl (C=O) groups is 2. The van der Waals surface area contributed by atoms with Gasteiger partial charge >= 0.3 is 13.8 Å². The van der Waals surface area contributed by atoms with E-state index in [4.69, 9.17) is 13.8 Å². The van der Waals surface area contributed by atoms with Gasteiger partial charge in [-0.15, -0.1) is 0 Å². The summed E-state index contributed by atoms with van der Waals surface area (Å²) in [5.74, 6) is -0.497. The van der Waals surface area contributed by atoms with Crippen LogP contribution >= 0.6 is 7.82 Å². The van der Waals surface area contributed by atoms with Crippen LogP contribution in [0.15, 0.2) is 72.9 Å². The van der Waals surface area contributed by atoms with Gasteiger partial charge in [0.1, 0.15) is 19.3 Å². The summed E-state index contributed by atoms with van der Waals surface area (Å²) in [4.78, 5) is 37.9. The molecule has 0 spiro atoms. The van der Waals surface area contributed by atoms with E-state index in [1.165, 1.54) is 238 Å². The molecule has 0 radical (unpaired) electrons. The number of carbonyl (C=O) groups excluding carboxylic acids is 2. The molecule has 0 heterocycles. The Kier molecular flexibility index (Phi) is 63.5. The first kappa shape index (κ1) is 83.5. The molecule has 0 saturated heterocycles. The summed E-state index contributed by atoms with van der Waals surface area (Å²) in [6, 6.07) is -0.852. The zero-order chi connectivity index (χ0) is 62.8. The number of allylic oxidation sites excluding steroid dienone is 11. The minimum Gasteiger partial charge on any atom is -0.456 e. The second-order valence-corrected chi connectivity index (χ2v) is 27.6. The number of esters is 1. The van der Waals surface area contributed by atoms with E-state index in [9.17, 15) is 19.0 Å². The summed E-state index contributed by atoms with van der Waals surface area (Å²) in [6.45, 7) is 7.00. The second-order valence-electron chi connectivity index (χ2n) is 26.1. The van der Waals surface area contributed by atoms with E-state index in [1.54, 1.807) is 0 Å². The molecule has 0 bridgehead atoms. The van der Waals surface area contributed by atoms with Gasteiger partial charge in [0.25, 0.3) is 0 Å². The molecule has 0 fully saturated rings. The molecular weight excluding hydrogens is 1080 g/mol. The number of nitrogens with one attached hydrogen (secondary N) is 1. The highest BCUT2D eigenvalue weighted by atomic mass is 31.2. The van der Waals surface area contributed by atoms with Crippen molar-refractivity contribution in [1.82, 2.24) is 5.32 Å². The lowest BCUT2D eigenvalue weighted by atomic mass is 10.0. The van der Waals surface area contributed by atoms with Crippen LogP contribution < -0.4 is 5.32 Å². The normalized spacial score (nSPS) is 13.9. The van der Waals surface area contributed by atoms with E-state index < -0.39 is 20.0 Å². The Bertz CT molecular complexity index is 1700. The number of phosphoric ester groups is 1. The Morgan fingerprint density at radius 2 is 0.709 bits per heavy atom. The van der Waals surface area contributed by atoms with Crippen LogP contribution in [0.1, 0.15) is 348 Å². The van der Waals surface area contributed by atoms with Crippen molar-refractivity contribution < 1.29 is 37.3 Å². The first-order valence-corrected chi connectivity index (χ1v) is 38.3. The molecule has 0 saturated carbocycles. The number of nitrogens with zero attached hydrogens (tertiary/aromatic N) is 1. The highest BCUT2D eigenvalue weighted by Gasteiger charge is 2.30. The average Bonchev–Trinajstić information content (AvgIpc) is 3.65. The minimum atomic E-state index is -4.46. The third kappa shape index (κ3) is 65.9. The standard InChI is InChI=1S/C76H141N2O7P/c1-7-10-13-16-19-22-25-28-30-32-34-36-37-38-39-40-41-43-45-47-49-51-54-57-60-63-66-69-76(80)85-74(67-64-61-58-55-52-27-24-21-18-15-12-9-3)73(72-84-86(81,82)83-71-70-78(4,5)6)77-75(79)68-65-62-59-56-53-50-48-46-44-42-35-33-31-29-26-23-20-17-14-11-8-2/h19-20,22-23,28-31,34,36,64,67,73-74H,7-18,21,24-27,32-33,35,37-63,65-66,68-72H2,1-6H3,(H-,77,79,81,82)/p+1/b22-19-,23-20-,30-28-,31-29-,36-34-,67-64-. The maximum absolute atomic E-state index is 13.6. The van der Waals surface area contributed by atoms with Crippen LogP contribution in [0, 0.1) is 0 Å². The van der Waals surface area contributed by atoms with Crippen molar-refractivity contribution in [2.45, 2.75) is 360 Å². The number of ether oxygens (including phenoxy) is 1. The van der Waals surface area contributed by atoms with E-state index in [0.29, 0.717) is 23.9 Å². The van der Waals surface area contributed by atoms with Crippen molar-refractivity contribution in [3.8, 4) is 0 Å². The highest BCUT2D eigenvalue weighted by molar-refractivity contribution is 7.47. The summed E-state index contributed by atoms with van der Waals surface area (Å²) >= 11 is 0. The molecule has 0 aliphatic heterocycles. The van der Waals surface area contributed by atoms with Gasteiger partial charge in [0, 0.05) is 12.8 Å². The van der Waals surface area contributed by atoms with Crippen molar-refractivity contribution in [1.29, 1.82) is 0 Å². The van der Waals surface area contributed by atoms with Crippen LogP contribution in [0.3, 0.4) is 0 Å². The molecule has 0 aromatic carbocycles. The number of rotatable bonds is 67. The molecule has 1 amide bonds. The van der Waals surface area contributed by atoms with Gasteiger partial charge < -0.3 is 19.4 Å². The molecule has 10 heteroatoms. The fraction of sp³-hybridized carbons (Fsp3) is 0.816. The zero-order valence-electron chi connectivity index (χ0n) is 57.6. The lowest BCUT2D eigenvalue weighted by molar-refractivity contribution is -0.870. The fourth-order valence-corrected chi connectivity index (χ4v) is 11.4. The molecule has 86 heavy (non-hydrogen) atoms. The summed E-state index contributed by atoms with van der Waals surface area (Å²) in [5, 5.41) is 3.07. The number of amides is 1. The van der Waals surface area contributed by atoms with Crippen LogP contribution in [0.4, 0.5) is 0 Å². The smallest absolute Gasteiger partial charge is 0.456 e. The van der Waals surface area contributed by atoms with Crippen LogP contribution in [0.2, 0.25) is 0 Å². The molecule has 0 aliphatic carbocycles. The molecule has 0 aromatic heterocycles. The largest absolute Gasteiger partial charge is 0.472 e. The van der Waals surface area contributed by atoms with Crippen molar-refractivity contribution in [3.63, 3.8) is 0 Å². The Hall–Kier alpha value is -2.55. The van der Waals surface area contributed by atoms with Gasteiger partial charge in [0.05, 0.1) is 33.8 Å². The Morgan fingerprint density at radius 1 is 0.407 bits per heavy atom. The van der Waals surface area contributed by atoms with Gasteiger partial charge in [0.2, 0.25) is 5.91 Å². The molecule has 0 aromatic rings. The molecule has 3 unspecified atom stereocenters. The van der Waals surface area contributed by atoms with E-state index in [0.717, 1.165) is 77.0 Å². The van der Waals surface area contributed by atoms with Crippen molar-refractivity contribution in [3.05, 3.63) is 72.9 Å². The predicted octanol–water partition coefficient (Wildman–Crippen LogP) is 23.5. The van der Waals surface area contributed by atoms with Crippen molar-refractivity contribution in [2.75, 3.05) is 40.9 Å². The van der Waals surface area contributed by atoms with Gasteiger partial charge in [-0.05, 0) is 102 Å². The zero-order valence-corrected chi connectivity index (χ0v) is 58.5. The summed E-state index contributed by atoms with van der Waals surface area (Å²) < 4.78 is 30.9. The number of likely N-dealkylation sites (N-methyl/N-ethyl adjacent to an activating group) is 1. The molecule has 0 rings (SSSR count). The average molecular weight is 1230 g/mol. The van der Waals surface area contributed by atoms with Gasteiger partial charge in [0.15, 0.2) is 0 Å². The monoisotopic (exact) mass is 1230 g/mol. The van der Waals surface area contributed by atoms with Crippen molar-refractivity contribution >= 4 is 19.7 Å². The van der Waals surface area contributed by atoms with E-state index in [-0.39, 0.29) is 25.1 Å². The van der Waals surface area contributed by atoms with Gasteiger partial charge in [-0.25, -0.2) is 4.57 Å². The molecule has 2 N–H and O–H groups in total. The van der Waals surface area contributed by atoms with Crippen LogP contribution in [0.25, 0.3) is 0 Å². The molecule has 0 aliphatic rings. The van der Waals surface area contributed by atoms with Crippen LogP contribution in [0.5, 0.6) is 0 Å². The first-order valence-electron chi connectivity index (χ1n) is 36.8. The summed E-state index contributed by atoms with van der Waals surface area (Å²) in [6.07, 6.45) is 86.3. The molecule has 502 valence electrons. The van der Waals surface area contributed by atoms with E-state index in [1.807, 2.05) is 33.3 Å². The predicted molar refractivity (Wildman–Crippen MR) is 374 cm³/mol. The number of phosphoric acid groups is 1. The van der Waals surface area contributed by atoms with Crippen LogP contribution in [-0.4, -0.2) is 74.3 Å². The molecular formula is C76H142N2O7P+. The number of hydrogen-bond acceptors (Lipinski definition) is 6. The Labute approximate surface area is 533 Å². The highest BCUT2D eigenvalue weighted by Crippen LogP contribution is 2.43. The molecule has 9 nitrogen and oxygen atoms in total. The van der Waals surface area contributed by atoms with Gasteiger partial charge in [-0.2, -0.15) is 0 Å². The lowest BCUT2D eigenvalue weighted by Gasteiger charge is -2.27. The summed E-state index contributed by atoms with van der Waals surface area (Å²) in [7, 11) is 1.50. The van der Waals surface area contributed by atoms with E-state index in [2.05, 4.69) is 86.8 Å². The summed E-state index contributed by atoms with van der Waals surface area (Å²) in [5.41, 5.74) is 0. The third-order valence-electron chi connectivity index (χ3n) is 16.4. The Morgan fingerprint density at radius 3 is 1.08 bits per heavy atom. The number of unbranched alkanes of at least 4 members (excludes halogenated alkanes) is 41. The lowest BCUT2D eigenvalue weighted by Crippen LogP contribution is -2.47.